The molecule has 5 nitrogen and oxygen atoms in total. The maximum atomic E-state index is 6.08. The third-order valence-corrected chi connectivity index (χ3v) is 6.79. The molecule has 0 aliphatic carbocycles. The molecular formula is C34H36N2O3. The van der Waals surface area contributed by atoms with Crippen molar-refractivity contribution in [2.75, 3.05) is 31.4 Å². The zero-order valence-electron chi connectivity index (χ0n) is 22.7. The van der Waals surface area contributed by atoms with Gasteiger partial charge >= 0.3 is 0 Å². The number of rotatable bonds is 12. The average Bonchev–Trinajstić information content (AvgIpc) is 3.44. The van der Waals surface area contributed by atoms with Gasteiger partial charge in [-0.05, 0) is 60.4 Å². The second-order valence-electron chi connectivity index (χ2n) is 9.66. The van der Waals surface area contributed by atoms with E-state index in [-0.39, 0.29) is 12.1 Å². The second kappa shape index (κ2) is 13.2. The molecule has 4 aromatic rings. The summed E-state index contributed by atoms with van der Waals surface area (Å²) in [5.74, 6) is 0.835. The van der Waals surface area contributed by atoms with Crippen LogP contribution >= 0.6 is 0 Å². The Hall–Kier alpha value is -3.93. The van der Waals surface area contributed by atoms with Crippen molar-refractivity contribution >= 4 is 11.4 Å². The van der Waals surface area contributed by atoms with E-state index in [1.807, 2.05) is 38.1 Å². The van der Waals surface area contributed by atoms with Gasteiger partial charge < -0.3 is 14.2 Å². The molecule has 1 aliphatic heterocycles. The van der Waals surface area contributed by atoms with Crippen molar-refractivity contribution in [3.05, 3.63) is 120 Å². The molecule has 0 aromatic heterocycles. The highest BCUT2D eigenvalue weighted by Crippen LogP contribution is 2.37. The first-order valence-corrected chi connectivity index (χ1v) is 13.7. The van der Waals surface area contributed by atoms with Crippen molar-refractivity contribution in [2.24, 2.45) is 5.10 Å². The third kappa shape index (κ3) is 6.94. The number of anilines is 1. The van der Waals surface area contributed by atoms with Crippen LogP contribution in [0.4, 0.5) is 5.69 Å². The molecule has 5 heteroatoms. The summed E-state index contributed by atoms with van der Waals surface area (Å²) in [6.07, 6.45) is 0.780. The van der Waals surface area contributed by atoms with Crippen molar-refractivity contribution in [1.82, 2.24) is 0 Å². The lowest BCUT2D eigenvalue weighted by Gasteiger charge is -2.24. The molecule has 2 unspecified atom stereocenters. The number of nitrogens with zero attached hydrogens (tertiary/aromatic N) is 2. The van der Waals surface area contributed by atoms with Crippen LogP contribution < -0.4 is 9.75 Å². The van der Waals surface area contributed by atoms with E-state index in [1.165, 1.54) is 16.7 Å². The molecule has 200 valence electrons. The number of ether oxygens (including phenoxy) is 3. The van der Waals surface area contributed by atoms with Crippen molar-refractivity contribution in [2.45, 2.75) is 32.4 Å². The molecule has 0 spiro atoms. The van der Waals surface area contributed by atoms with Gasteiger partial charge in [-0.3, -0.25) is 5.01 Å². The standard InChI is InChI=1S/C34H36N2O3/c1-3-37-22-23-38-25-26(2)39-32-20-18-30(19-21-32)34-24-33(35-36(34)31-12-8-5-9-13-31)29-16-14-28(15-17-29)27-10-6-4-7-11-27/h4-21,26,34H,3,22-25H2,1-2H3. The van der Waals surface area contributed by atoms with E-state index in [0.717, 1.165) is 29.1 Å². The van der Waals surface area contributed by atoms with E-state index in [1.54, 1.807) is 0 Å². The van der Waals surface area contributed by atoms with Gasteiger partial charge in [0.1, 0.15) is 11.9 Å². The Kier molecular flexibility index (Phi) is 9.05. The summed E-state index contributed by atoms with van der Waals surface area (Å²) < 4.78 is 17.0. The van der Waals surface area contributed by atoms with Gasteiger partial charge in [0.25, 0.3) is 0 Å². The lowest BCUT2D eigenvalue weighted by atomic mass is 9.96. The van der Waals surface area contributed by atoms with Crippen LogP contribution in [0, 0.1) is 0 Å². The largest absolute Gasteiger partial charge is 0.488 e. The van der Waals surface area contributed by atoms with Crippen molar-refractivity contribution in [3.8, 4) is 16.9 Å². The number of benzene rings is 4. The number of para-hydroxylation sites is 1. The summed E-state index contributed by atoms with van der Waals surface area (Å²) in [4.78, 5) is 0. The van der Waals surface area contributed by atoms with E-state index in [2.05, 4.69) is 89.9 Å². The van der Waals surface area contributed by atoms with Gasteiger partial charge in [-0.2, -0.15) is 5.10 Å². The maximum Gasteiger partial charge on any atom is 0.119 e. The number of hydrogen-bond acceptors (Lipinski definition) is 5. The van der Waals surface area contributed by atoms with Crippen molar-refractivity contribution in [1.29, 1.82) is 0 Å². The lowest BCUT2D eigenvalue weighted by molar-refractivity contribution is 0.0192. The molecular weight excluding hydrogens is 484 g/mol. The van der Waals surface area contributed by atoms with Crippen LogP contribution in [-0.2, 0) is 9.47 Å². The minimum atomic E-state index is -0.0430. The van der Waals surface area contributed by atoms with Gasteiger partial charge in [0, 0.05) is 13.0 Å². The quantitative estimate of drug-likeness (QED) is 0.181. The zero-order valence-corrected chi connectivity index (χ0v) is 22.7. The smallest absolute Gasteiger partial charge is 0.119 e. The Morgan fingerprint density at radius 3 is 2.05 bits per heavy atom. The molecule has 0 amide bonds. The highest BCUT2D eigenvalue weighted by molar-refractivity contribution is 6.03. The summed E-state index contributed by atoms with van der Waals surface area (Å²) in [5, 5.41) is 7.25. The molecule has 0 fully saturated rings. The Balaban J connectivity index is 1.29. The zero-order chi connectivity index (χ0) is 26.9. The fourth-order valence-corrected chi connectivity index (χ4v) is 4.80. The molecule has 0 N–H and O–H groups in total. The molecule has 0 radical (unpaired) electrons. The normalized spacial score (nSPS) is 15.7. The Bertz CT molecular complexity index is 1320. The highest BCUT2D eigenvalue weighted by Gasteiger charge is 2.30. The molecule has 5 rings (SSSR count). The van der Waals surface area contributed by atoms with Crippen molar-refractivity contribution < 1.29 is 14.2 Å². The fraction of sp³-hybridized carbons (Fsp3) is 0.265. The monoisotopic (exact) mass is 520 g/mol. The summed E-state index contributed by atoms with van der Waals surface area (Å²) in [6, 6.07) is 38.1. The molecule has 0 bridgehead atoms. The van der Waals surface area contributed by atoms with Gasteiger partial charge in [-0.1, -0.05) is 84.9 Å². The van der Waals surface area contributed by atoms with Crippen LogP contribution in [0.15, 0.2) is 114 Å². The SMILES string of the molecule is CCOCCOCC(C)Oc1ccc(C2CC(c3ccc(-c4ccccc4)cc3)=NN2c2ccccc2)cc1. The molecule has 0 saturated heterocycles. The topological polar surface area (TPSA) is 43.3 Å². The Morgan fingerprint density at radius 1 is 0.744 bits per heavy atom. The maximum absolute atomic E-state index is 6.08. The van der Waals surface area contributed by atoms with Crippen LogP contribution in [0.2, 0.25) is 0 Å². The minimum Gasteiger partial charge on any atom is -0.488 e. The van der Waals surface area contributed by atoms with Crippen LogP contribution in [-0.4, -0.2) is 38.2 Å². The summed E-state index contributed by atoms with van der Waals surface area (Å²) in [5.41, 5.74) is 6.94. The molecule has 0 saturated carbocycles. The van der Waals surface area contributed by atoms with E-state index in [9.17, 15) is 0 Å². The highest BCUT2D eigenvalue weighted by atomic mass is 16.5. The molecule has 2 atom stereocenters. The Morgan fingerprint density at radius 2 is 1.36 bits per heavy atom. The van der Waals surface area contributed by atoms with Crippen molar-refractivity contribution in [3.63, 3.8) is 0 Å². The molecule has 4 aromatic carbocycles. The van der Waals surface area contributed by atoms with Gasteiger partial charge in [0.2, 0.25) is 0 Å². The van der Waals surface area contributed by atoms with E-state index in [4.69, 9.17) is 19.3 Å². The van der Waals surface area contributed by atoms with E-state index < -0.39 is 0 Å². The fourth-order valence-electron chi connectivity index (χ4n) is 4.80. The molecule has 1 heterocycles. The Labute approximate surface area is 231 Å². The lowest BCUT2D eigenvalue weighted by Crippen LogP contribution is -2.21. The van der Waals surface area contributed by atoms with Crippen LogP contribution in [0.1, 0.15) is 37.4 Å². The van der Waals surface area contributed by atoms with E-state index >= 15 is 0 Å². The number of hydrazone groups is 1. The predicted molar refractivity (Wildman–Crippen MR) is 159 cm³/mol. The van der Waals surface area contributed by atoms with E-state index in [0.29, 0.717) is 26.4 Å². The first-order valence-electron chi connectivity index (χ1n) is 13.7. The van der Waals surface area contributed by atoms with Gasteiger partial charge in [-0.25, -0.2) is 0 Å². The predicted octanol–water partition coefficient (Wildman–Crippen LogP) is 7.53. The first-order chi connectivity index (χ1) is 19.2. The first kappa shape index (κ1) is 26.7. The van der Waals surface area contributed by atoms with Gasteiger partial charge in [0.15, 0.2) is 0 Å². The summed E-state index contributed by atoms with van der Waals surface area (Å²) in [7, 11) is 0. The summed E-state index contributed by atoms with van der Waals surface area (Å²) in [6.45, 7) is 6.42. The average molecular weight is 521 g/mol. The van der Waals surface area contributed by atoms with Gasteiger partial charge in [-0.15, -0.1) is 0 Å². The minimum absolute atomic E-state index is 0.0430. The number of hydrogen-bond donors (Lipinski definition) is 0. The summed E-state index contributed by atoms with van der Waals surface area (Å²) >= 11 is 0. The molecule has 39 heavy (non-hydrogen) atoms. The van der Waals surface area contributed by atoms with Crippen LogP contribution in [0.25, 0.3) is 11.1 Å². The van der Waals surface area contributed by atoms with Crippen LogP contribution in [0.5, 0.6) is 5.75 Å². The van der Waals surface area contributed by atoms with Crippen LogP contribution in [0.3, 0.4) is 0 Å². The molecule has 1 aliphatic rings. The third-order valence-electron chi connectivity index (χ3n) is 6.79. The van der Waals surface area contributed by atoms with Gasteiger partial charge in [0.05, 0.1) is 37.3 Å². The second-order valence-corrected chi connectivity index (χ2v) is 9.66.